The van der Waals surface area contributed by atoms with Crippen LogP contribution in [0.3, 0.4) is 0 Å². The standard InChI is InChI=1S/C19H16FN5O2/c1-11(2)25-17(27)6-4-14(22-25)18-15-10-21-7-8-24(15)23-19(18)13-9-12(20)3-5-16(13)26/h3-11,26H,1-2H3. The number of benzene rings is 1. The second-order valence-corrected chi connectivity index (χ2v) is 6.39. The molecule has 0 bridgehead atoms. The van der Waals surface area contributed by atoms with Crippen molar-refractivity contribution in [1.29, 1.82) is 0 Å². The smallest absolute Gasteiger partial charge is 0.267 e. The number of hydrogen-bond acceptors (Lipinski definition) is 5. The average Bonchev–Trinajstić information content (AvgIpc) is 3.03. The van der Waals surface area contributed by atoms with Crippen LogP contribution in [-0.4, -0.2) is 29.5 Å². The van der Waals surface area contributed by atoms with Crippen molar-refractivity contribution in [3.8, 4) is 28.3 Å². The minimum absolute atomic E-state index is 0.105. The molecule has 0 aliphatic rings. The maximum absolute atomic E-state index is 13.8. The Labute approximate surface area is 153 Å². The van der Waals surface area contributed by atoms with Crippen molar-refractivity contribution in [2.75, 3.05) is 0 Å². The van der Waals surface area contributed by atoms with E-state index in [2.05, 4.69) is 15.2 Å². The molecule has 0 saturated heterocycles. The van der Waals surface area contributed by atoms with Crippen LogP contribution in [0.2, 0.25) is 0 Å². The molecule has 7 nitrogen and oxygen atoms in total. The summed E-state index contributed by atoms with van der Waals surface area (Å²) in [6.45, 7) is 3.71. The SMILES string of the molecule is CC(C)n1nc(-c2c(-c3cc(F)ccc3O)nn3ccncc23)ccc1=O. The van der Waals surface area contributed by atoms with E-state index in [1.54, 1.807) is 29.2 Å². The number of fused-ring (bicyclic) bond motifs is 1. The van der Waals surface area contributed by atoms with Gasteiger partial charge in [-0.15, -0.1) is 0 Å². The highest BCUT2D eigenvalue weighted by Crippen LogP contribution is 2.37. The molecule has 4 rings (SSSR count). The molecule has 0 atom stereocenters. The summed E-state index contributed by atoms with van der Waals surface area (Å²) in [5.41, 5.74) is 2.01. The molecule has 0 aliphatic carbocycles. The Balaban J connectivity index is 2.07. The first-order valence-electron chi connectivity index (χ1n) is 8.37. The van der Waals surface area contributed by atoms with E-state index in [-0.39, 0.29) is 22.9 Å². The van der Waals surface area contributed by atoms with Gasteiger partial charge in [0.05, 0.1) is 29.0 Å². The number of phenolic OH excluding ortho intramolecular Hbond substituents is 1. The Hall–Kier alpha value is -3.55. The van der Waals surface area contributed by atoms with Crippen LogP contribution < -0.4 is 5.56 Å². The number of halogens is 1. The summed E-state index contributed by atoms with van der Waals surface area (Å²) in [7, 11) is 0. The second-order valence-electron chi connectivity index (χ2n) is 6.39. The lowest BCUT2D eigenvalue weighted by molar-refractivity contribution is 0.475. The van der Waals surface area contributed by atoms with E-state index in [0.29, 0.717) is 22.5 Å². The van der Waals surface area contributed by atoms with Gasteiger partial charge in [-0.05, 0) is 38.1 Å². The van der Waals surface area contributed by atoms with Crippen molar-refractivity contribution in [2.45, 2.75) is 19.9 Å². The van der Waals surface area contributed by atoms with Crippen molar-refractivity contribution >= 4 is 5.52 Å². The summed E-state index contributed by atoms with van der Waals surface area (Å²) < 4.78 is 16.8. The second kappa shape index (κ2) is 6.31. The van der Waals surface area contributed by atoms with E-state index in [9.17, 15) is 14.3 Å². The molecule has 27 heavy (non-hydrogen) atoms. The number of aromatic hydroxyl groups is 1. The maximum Gasteiger partial charge on any atom is 0.267 e. The topological polar surface area (TPSA) is 85.3 Å². The van der Waals surface area contributed by atoms with Gasteiger partial charge in [-0.3, -0.25) is 9.78 Å². The van der Waals surface area contributed by atoms with Crippen LogP contribution >= 0.6 is 0 Å². The van der Waals surface area contributed by atoms with Gasteiger partial charge in [0, 0.05) is 24.0 Å². The zero-order valence-corrected chi connectivity index (χ0v) is 14.7. The maximum atomic E-state index is 13.8. The third-order valence-electron chi connectivity index (χ3n) is 4.22. The van der Waals surface area contributed by atoms with Gasteiger partial charge in [-0.25, -0.2) is 13.6 Å². The summed E-state index contributed by atoms with van der Waals surface area (Å²) in [4.78, 5) is 16.2. The predicted molar refractivity (Wildman–Crippen MR) is 97.9 cm³/mol. The largest absolute Gasteiger partial charge is 0.507 e. The van der Waals surface area contributed by atoms with Crippen LogP contribution in [0.25, 0.3) is 28.0 Å². The fraction of sp³-hybridized carbons (Fsp3) is 0.158. The lowest BCUT2D eigenvalue weighted by Gasteiger charge is -2.10. The Morgan fingerprint density at radius 2 is 1.96 bits per heavy atom. The minimum atomic E-state index is -0.496. The van der Waals surface area contributed by atoms with Crippen LogP contribution in [0.5, 0.6) is 5.75 Å². The molecule has 0 fully saturated rings. The molecule has 1 N–H and O–H groups in total. The lowest BCUT2D eigenvalue weighted by atomic mass is 10.0. The summed E-state index contributed by atoms with van der Waals surface area (Å²) in [5, 5.41) is 19.2. The first-order valence-corrected chi connectivity index (χ1v) is 8.37. The van der Waals surface area contributed by atoms with Crippen molar-refractivity contribution in [3.05, 3.63) is 65.1 Å². The summed E-state index contributed by atoms with van der Waals surface area (Å²) in [6, 6.07) is 6.55. The van der Waals surface area contributed by atoms with Gasteiger partial charge in [-0.2, -0.15) is 10.2 Å². The Morgan fingerprint density at radius 3 is 2.74 bits per heavy atom. The van der Waals surface area contributed by atoms with E-state index >= 15 is 0 Å². The molecule has 3 aromatic heterocycles. The molecule has 1 aromatic carbocycles. The molecule has 0 spiro atoms. The number of hydrogen-bond donors (Lipinski definition) is 1. The first kappa shape index (κ1) is 16.9. The normalized spacial score (nSPS) is 11.4. The Bertz CT molecular complexity index is 1210. The molecular formula is C19H16FN5O2. The third kappa shape index (κ3) is 2.84. The van der Waals surface area contributed by atoms with Gasteiger partial charge in [0.15, 0.2) is 0 Å². The van der Waals surface area contributed by atoms with Gasteiger partial charge >= 0.3 is 0 Å². The summed E-state index contributed by atoms with van der Waals surface area (Å²) in [6.07, 6.45) is 4.83. The van der Waals surface area contributed by atoms with Crippen LogP contribution in [0, 0.1) is 5.82 Å². The molecule has 0 radical (unpaired) electrons. The molecule has 136 valence electrons. The van der Waals surface area contributed by atoms with E-state index in [0.717, 1.165) is 0 Å². The van der Waals surface area contributed by atoms with Crippen LogP contribution in [-0.2, 0) is 0 Å². The van der Waals surface area contributed by atoms with Crippen LogP contribution in [0.1, 0.15) is 19.9 Å². The quantitative estimate of drug-likeness (QED) is 0.603. The zero-order valence-electron chi connectivity index (χ0n) is 14.7. The highest BCUT2D eigenvalue weighted by atomic mass is 19.1. The predicted octanol–water partition coefficient (Wildman–Crippen LogP) is 3.05. The first-order chi connectivity index (χ1) is 13.0. The molecule has 4 aromatic rings. The molecule has 3 heterocycles. The van der Waals surface area contributed by atoms with E-state index < -0.39 is 5.82 Å². The number of phenols is 1. The van der Waals surface area contributed by atoms with Crippen molar-refractivity contribution in [3.63, 3.8) is 0 Å². The average molecular weight is 365 g/mol. The van der Waals surface area contributed by atoms with Gasteiger partial charge in [0.1, 0.15) is 17.3 Å². The van der Waals surface area contributed by atoms with E-state index in [1.807, 2.05) is 13.8 Å². The molecule has 0 saturated carbocycles. The van der Waals surface area contributed by atoms with Gasteiger partial charge in [0.25, 0.3) is 5.56 Å². The number of rotatable bonds is 3. The molecule has 0 amide bonds. The van der Waals surface area contributed by atoms with E-state index in [4.69, 9.17) is 0 Å². The number of aromatic nitrogens is 5. The highest BCUT2D eigenvalue weighted by Gasteiger charge is 2.21. The fourth-order valence-electron chi connectivity index (χ4n) is 2.97. The molecule has 8 heteroatoms. The summed E-state index contributed by atoms with van der Waals surface area (Å²) >= 11 is 0. The Morgan fingerprint density at radius 1 is 1.15 bits per heavy atom. The monoisotopic (exact) mass is 365 g/mol. The Kier molecular flexibility index (Phi) is 3.95. The fourth-order valence-corrected chi connectivity index (χ4v) is 2.97. The van der Waals surface area contributed by atoms with Gasteiger partial charge in [-0.1, -0.05) is 0 Å². The van der Waals surface area contributed by atoms with Crippen molar-refractivity contribution in [2.24, 2.45) is 0 Å². The highest BCUT2D eigenvalue weighted by molar-refractivity contribution is 5.91. The van der Waals surface area contributed by atoms with Gasteiger partial charge < -0.3 is 5.11 Å². The minimum Gasteiger partial charge on any atom is -0.507 e. The zero-order chi connectivity index (χ0) is 19.1. The molecule has 0 unspecified atom stereocenters. The van der Waals surface area contributed by atoms with Crippen LogP contribution in [0.4, 0.5) is 4.39 Å². The summed E-state index contributed by atoms with van der Waals surface area (Å²) in [5.74, 6) is -0.602. The van der Waals surface area contributed by atoms with Crippen molar-refractivity contribution < 1.29 is 9.50 Å². The molecular weight excluding hydrogens is 349 g/mol. The van der Waals surface area contributed by atoms with E-state index in [1.165, 1.54) is 28.9 Å². The lowest BCUT2D eigenvalue weighted by Crippen LogP contribution is -2.23. The van der Waals surface area contributed by atoms with Crippen LogP contribution in [0.15, 0.2) is 53.7 Å². The van der Waals surface area contributed by atoms with Crippen molar-refractivity contribution in [1.82, 2.24) is 24.4 Å². The number of nitrogens with zero attached hydrogens (tertiary/aromatic N) is 5. The molecule has 0 aliphatic heterocycles. The van der Waals surface area contributed by atoms with Gasteiger partial charge in [0.2, 0.25) is 0 Å². The third-order valence-corrected chi connectivity index (χ3v) is 4.22.